The van der Waals surface area contributed by atoms with Gasteiger partial charge in [-0.05, 0) is 45.1 Å². The number of aliphatic hydroxyl groups is 1. The predicted molar refractivity (Wildman–Crippen MR) is 111 cm³/mol. The Labute approximate surface area is 169 Å². The zero-order valence-electron chi connectivity index (χ0n) is 17.0. The summed E-state index contributed by atoms with van der Waals surface area (Å²) in [6, 6.07) is 0. The van der Waals surface area contributed by atoms with Crippen LogP contribution in [-0.2, 0) is 28.9 Å². The fourth-order valence-corrected chi connectivity index (χ4v) is 4.89. The number of rotatable bonds is 10. The number of H-pyrrole nitrogens is 1. The van der Waals surface area contributed by atoms with Crippen LogP contribution in [0.2, 0.25) is 0 Å². The van der Waals surface area contributed by atoms with Crippen LogP contribution in [0.5, 0.6) is 0 Å². The minimum absolute atomic E-state index is 0.0465. The first kappa shape index (κ1) is 21.4. The number of thiophene rings is 1. The Kier molecular flexibility index (Phi) is 7.59. The lowest BCUT2D eigenvalue weighted by atomic mass is 9.97. The van der Waals surface area contributed by atoms with Crippen molar-refractivity contribution in [2.75, 3.05) is 33.4 Å². The highest BCUT2D eigenvalue weighted by molar-refractivity contribution is 7.18. The lowest BCUT2D eigenvalue weighted by Gasteiger charge is -2.24. The van der Waals surface area contributed by atoms with E-state index in [0.717, 1.165) is 29.5 Å². The quantitative estimate of drug-likeness (QED) is 0.625. The standard InChI is InChI=1S/C20H31N3O4S/c1-13(2)27-12-14(24)10-23(8-9-26-3)11-17-21-19(25)18-15-6-4-5-7-16(15)28-20(18)22-17/h13-14,24H,4-12H2,1-3H3,(H,21,22,25)/t14-/m1/s1. The van der Waals surface area contributed by atoms with Crippen LogP contribution in [0, 0.1) is 0 Å². The number of methoxy groups -OCH3 is 1. The third-order valence-corrected chi connectivity index (χ3v) is 6.14. The Bertz CT molecular complexity index is 833. The molecule has 2 N–H and O–H groups in total. The Balaban J connectivity index is 1.76. The number of aryl methyl sites for hydroxylation is 2. The number of aliphatic hydroxyl groups excluding tert-OH is 1. The molecule has 0 amide bonds. The number of aromatic amines is 1. The van der Waals surface area contributed by atoms with E-state index in [2.05, 4.69) is 4.98 Å². The molecule has 7 nitrogen and oxygen atoms in total. The summed E-state index contributed by atoms with van der Waals surface area (Å²) in [5, 5.41) is 11.1. The minimum Gasteiger partial charge on any atom is -0.389 e. The molecule has 0 saturated heterocycles. The summed E-state index contributed by atoms with van der Waals surface area (Å²) in [6.07, 6.45) is 3.82. The second-order valence-electron chi connectivity index (χ2n) is 7.67. The molecule has 1 aliphatic rings. The summed E-state index contributed by atoms with van der Waals surface area (Å²) in [5.41, 5.74) is 1.15. The van der Waals surface area contributed by atoms with E-state index >= 15 is 0 Å². The molecule has 1 aliphatic carbocycles. The molecular weight excluding hydrogens is 378 g/mol. The fourth-order valence-electron chi connectivity index (χ4n) is 3.60. The number of fused-ring (bicyclic) bond motifs is 3. The van der Waals surface area contributed by atoms with Gasteiger partial charge in [0.05, 0.1) is 37.4 Å². The molecule has 156 valence electrons. The molecule has 0 fully saturated rings. The van der Waals surface area contributed by atoms with Crippen molar-refractivity contribution in [2.24, 2.45) is 0 Å². The number of nitrogens with one attached hydrogen (secondary N) is 1. The van der Waals surface area contributed by atoms with Crippen molar-refractivity contribution >= 4 is 21.6 Å². The zero-order valence-corrected chi connectivity index (χ0v) is 17.8. The Hall–Kier alpha value is -1.32. The van der Waals surface area contributed by atoms with E-state index < -0.39 is 6.10 Å². The smallest absolute Gasteiger partial charge is 0.259 e. The molecule has 0 aliphatic heterocycles. The number of hydrogen-bond donors (Lipinski definition) is 2. The van der Waals surface area contributed by atoms with Crippen molar-refractivity contribution in [3.8, 4) is 0 Å². The maximum Gasteiger partial charge on any atom is 0.259 e. The van der Waals surface area contributed by atoms with Crippen molar-refractivity contribution < 1.29 is 14.6 Å². The molecule has 0 saturated carbocycles. The van der Waals surface area contributed by atoms with Crippen LogP contribution >= 0.6 is 11.3 Å². The third kappa shape index (κ3) is 5.39. The van der Waals surface area contributed by atoms with E-state index in [0.29, 0.717) is 32.1 Å². The highest BCUT2D eigenvalue weighted by atomic mass is 32.1. The molecule has 8 heteroatoms. The van der Waals surface area contributed by atoms with Gasteiger partial charge in [-0.2, -0.15) is 0 Å². The van der Waals surface area contributed by atoms with Gasteiger partial charge in [0, 0.05) is 25.1 Å². The van der Waals surface area contributed by atoms with Gasteiger partial charge in [0.25, 0.3) is 5.56 Å². The molecule has 2 aromatic heterocycles. The van der Waals surface area contributed by atoms with Gasteiger partial charge in [-0.25, -0.2) is 4.98 Å². The second kappa shape index (κ2) is 9.93. The SMILES string of the molecule is COCCN(Cc1nc2sc3c(c2c(=O)[nH]1)CCCC3)C[C@@H](O)COC(C)C. The summed E-state index contributed by atoms with van der Waals surface area (Å²) in [4.78, 5) is 24.6. The van der Waals surface area contributed by atoms with Gasteiger partial charge in [-0.3, -0.25) is 9.69 Å². The Morgan fingerprint density at radius 3 is 2.86 bits per heavy atom. The maximum atomic E-state index is 12.7. The van der Waals surface area contributed by atoms with Gasteiger partial charge in [-0.1, -0.05) is 0 Å². The minimum atomic E-state index is -0.608. The van der Waals surface area contributed by atoms with E-state index in [-0.39, 0.29) is 18.3 Å². The topological polar surface area (TPSA) is 87.7 Å². The van der Waals surface area contributed by atoms with Crippen molar-refractivity contribution in [3.63, 3.8) is 0 Å². The van der Waals surface area contributed by atoms with Crippen molar-refractivity contribution in [1.82, 2.24) is 14.9 Å². The van der Waals surface area contributed by atoms with Crippen LogP contribution in [0.1, 0.15) is 43.0 Å². The summed E-state index contributed by atoms with van der Waals surface area (Å²) in [6.45, 7) is 6.23. The summed E-state index contributed by atoms with van der Waals surface area (Å²) >= 11 is 1.65. The Morgan fingerprint density at radius 1 is 1.32 bits per heavy atom. The molecule has 0 spiro atoms. The van der Waals surface area contributed by atoms with Crippen molar-refractivity contribution in [2.45, 2.75) is 58.3 Å². The number of ether oxygens (including phenoxy) is 2. The first-order chi connectivity index (χ1) is 13.5. The van der Waals surface area contributed by atoms with Crippen molar-refractivity contribution in [3.05, 3.63) is 26.6 Å². The number of nitrogens with zero attached hydrogens (tertiary/aromatic N) is 2. The number of aromatic nitrogens is 2. The van der Waals surface area contributed by atoms with Gasteiger partial charge in [-0.15, -0.1) is 11.3 Å². The lowest BCUT2D eigenvalue weighted by molar-refractivity contribution is -0.0124. The first-order valence-corrected chi connectivity index (χ1v) is 10.8. The van der Waals surface area contributed by atoms with E-state index in [1.807, 2.05) is 18.7 Å². The molecule has 2 heterocycles. The van der Waals surface area contributed by atoms with Crippen LogP contribution < -0.4 is 5.56 Å². The monoisotopic (exact) mass is 409 g/mol. The largest absolute Gasteiger partial charge is 0.389 e. The molecule has 0 unspecified atom stereocenters. The van der Waals surface area contributed by atoms with Crippen LogP contribution in [0.4, 0.5) is 0 Å². The Morgan fingerprint density at radius 2 is 2.11 bits per heavy atom. The highest BCUT2D eigenvalue weighted by Gasteiger charge is 2.21. The first-order valence-electron chi connectivity index (χ1n) is 10.0. The van der Waals surface area contributed by atoms with Crippen molar-refractivity contribution in [1.29, 1.82) is 0 Å². The molecule has 0 radical (unpaired) electrons. The summed E-state index contributed by atoms with van der Waals surface area (Å²) in [7, 11) is 1.65. The van der Waals surface area contributed by atoms with Crippen LogP contribution in [0.15, 0.2) is 4.79 Å². The van der Waals surface area contributed by atoms with Gasteiger partial charge in [0.1, 0.15) is 10.7 Å². The van der Waals surface area contributed by atoms with Gasteiger partial charge < -0.3 is 19.6 Å². The highest BCUT2D eigenvalue weighted by Crippen LogP contribution is 2.33. The number of hydrogen-bond acceptors (Lipinski definition) is 7. The van der Waals surface area contributed by atoms with E-state index in [1.54, 1.807) is 18.4 Å². The zero-order chi connectivity index (χ0) is 20.1. The third-order valence-electron chi connectivity index (χ3n) is 4.95. The summed E-state index contributed by atoms with van der Waals surface area (Å²) < 4.78 is 10.7. The molecule has 3 rings (SSSR count). The molecular formula is C20H31N3O4S. The predicted octanol–water partition coefficient (Wildman–Crippen LogP) is 2.10. The maximum absolute atomic E-state index is 12.7. The van der Waals surface area contributed by atoms with Gasteiger partial charge in [0.15, 0.2) is 0 Å². The molecule has 1 atom stereocenters. The van der Waals surface area contributed by atoms with Crippen LogP contribution in [0.25, 0.3) is 10.2 Å². The average Bonchev–Trinajstić information content (AvgIpc) is 3.03. The van der Waals surface area contributed by atoms with Gasteiger partial charge >= 0.3 is 0 Å². The fraction of sp³-hybridized carbons (Fsp3) is 0.700. The summed E-state index contributed by atoms with van der Waals surface area (Å²) in [5.74, 6) is 0.629. The lowest BCUT2D eigenvalue weighted by Crippen LogP contribution is -2.37. The second-order valence-corrected chi connectivity index (χ2v) is 8.75. The average molecular weight is 410 g/mol. The van der Waals surface area contributed by atoms with Crippen LogP contribution in [0.3, 0.4) is 0 Å². The molecule has 0 bridgehead atoms. The molecule has 2 aromatic rings. The van der Waals surface area contributed by atoms with Gasteiger partial charge in [0.2, 0.25) is 0 Å². The normalized spacial score (nSPS) is 15.5. The van der Waals surface area contributed by atoms with E-state index in [9.17, 15) is 9.90 Å². The molecule has 28 heavy (non-hydrogen) atoms. The van der Waals surface area contributed by atoms with E-state index in [1.165, 1.54) is 16.9 Å². The molecule has 0 aromatic carbocycles. The van der Waals surface area contributed by atoms with E-state index in [4.69, 9.17) is 14.5 Å². The van der Waals surface area contributed by atoms with Crippen LogP contribution in [-0.4, -0.2) is 65.6 Å².